The standard InChI is InChI=1S/C19H23ClN2O2/c1-14(2)22(3)17-6-4-5-16(13-17)21-19(23)11-12-24-18-9-7-15(20)8-10-18/h4-10,13-14H,11-12H2,1-3H3,(H,21,23). The van der Waals surface area contributed by atoms with E-state index in [0.717, 1.165) is 11.4 Å². The van der Waals surface area contributed by atoms with Crippen LogP contribution in [0.2, 0.25) is 5.02 Å². The minimum absolute atomic E-state index is 0.0756. The van der Waals surface area contributed by atoms with Gasteiger partial charge >= 0.3 is 0 Å². The first kappa shape index (κ1) is 18.1. The molecule has 0 unspecified atom stereocenters. The van der Waals surface area contributed by atoms with Crippen LogP contribution >= 0.6 is 11.6 Å². The van der Waals surface area contributed by atoms with E-state index < -0.39 is 0 Å². The smallest absolute Gasteiger partial charge is 0.227 e. The van der Waals surface area contributed by atoms with Gasteiger partial charge in [0.15, 0.2) is 0 Å². The lowest BCUT2D eigenvalue weighted by Gasteiger charge is -2.24. The summed E-state index contributed by atoms with van der Waals surface area (Å²) in [5.41, 5.74) is 1.86. The fourth-order valence-corrected chi connectivity index (χ4v) is 2.24. The van der Waals surface area contributed by atoms with Gasteiger partial charge in [0.05, 0.1) is 13.0 Å². The van der Waals surface area contributed by atoms with Crippen molar-refractivity contribution in [2.24, 2.45) is 0 Å². The van der Waals surface area contributed by atoms with E-state index >= 15 is 0 Å². The van der Waals surface area contributed by atoms with Crippen molar-refractivity contribution >= 4 is 28.9 Å². The molecule has 0 saturated heterocycles. The molecular weight excluding hydrogens is 324 g/mol. The Morgan fingerprint density at radius 2 is 1.92 bits per heavy atom. The molecule has 0 spiro atoms. The monoisotopic (exact) mass is 346 g/mol. The van der Waals surface area contributed by atoms with Crippen LogP contribution in [0.4, 0.5) is 11.4 Å². The van der Waals surface area contributed by atoms with Crippen molar-refractivity contribution in [1.82, 2.24) is 0 Å². The van der Waals surface area contributed by atoms with Gasteiger partial charge < -0.3 is 15.0 Å². The van der Waals surface area contributed by atoms with Crippen molar-refractivity contribution < 1.29 is 9.53 Å². The van der Waals surface area contributed by atoms with Gasteiger partial charge in [-0.3, -0.25) is 4.79 Å². The number of hydrogen-bond acceptors (Lipinski definition) is 3. The predicted octanol–water partition coefficient (Wildman–Crippen LogP) is 4.59. The molecule has 128 valence electrons. The predicted molar refractivity (Wildman–Crippen MR) is 100 cm³/mol. The second-order valence-corrected chi connectivity index (χ2v) is 6.29. The molecule has 0 heterocycles. The molecule has 24 heavy (non-hydrogen) atoms. The van der Waals surface area contributed by atoms with Crippen LogP contribution in [-0.2, 0) is 4.79 Å². The second-order valence-electron chi connectivity index (χ2n) is 5.86. The molecule has 1 N–H and O–H groups in total. The number of nitrogens with one attached hydrogen (secondary N) is 1. The van der Waals surface area contributed by atoms with Gasteiger partial charge in [0.2, 0.25) is 5.91 Å². The molecule has 0 aliphatic heterocycles. The maximum atomic E-state index is 12.0. The lowest BCUT2D eigenvalue weighted by molar-refractivity contribution is -0.116. The molecule has 0 bridgehead atoms. The molecule has 0 aliphatic rings. The van der Waals surface area contributed by atoms with E-state index in [1.54, 1.807) is 24.3 Å². The number of benzene rings is 2. The van der Waals surface area contributed by atoms with Gasteiger partial charge in [-0.15, -0.1) is 0 Å². The number of carbonyl (C=O) groups is 1. The van der Waals surface area contributed by atoms with Crippen LogP contribution < -0.4 is 15.0 Å². The number of carbonyl (C=O) groups excluding carboxylic acids is 1. The Kier molecular flexibility index (Phi) is 6.50. The van der Waals surface area contributed by atoms with Gasteiger partial charge in [-0.1, -0.05) is 17.7 Å². The van der Waals surface area contributed by atoms with Crippen molar-refractivity contribution in [2.45, 2.75) is 26.3 Å². The summed E-state index contributed by atoms with van der Waals surface area (Å²) in [5, 5.41) is 3.56. The zero-order valence-corrected chi connectivity index (χ0v) is 15.0. The van der Waals surface area contributed by atoms with Crippen molar-refractivity contribution in [2.75, 3.05) is 23.9 Å². The Morgan fingerprint density at radius 3 is 2.58 bits per heavy atom. The van der Waals surface area contributed by atoms with Crippen LogP contribution in [0.5, 0.6) is 5.75 Å². The number of ether oxygens (including phenoxy) is 1. The van der Waals surface area contributed by atoms with E-state index in [4.69, 9.17) is 16.3 Å². The topological polar surface area (TPSA) is 41.6 Å². The first-order chi connectivity index (χ1) is 11.5. The minimum Gasteiger partial charge on any atom is -0.493 e. The molecule has 2 rings (SSSR count). The Labute approximate surface area is 148 Å². The second kappa shape index (κ2) is 8.60. The van der Waals surface area contributed by atoms with E-state index in [0.29, 0.717) is 23.4 Å². The molecule has 0 radical (unpaired) electrons. The van der Waals surface area contributed by atoms with Crippen LogP contribution in [0.1, 0.15) is 20.3 Å². The van der Waals surface area contributed by atoms with Crippen LogP contribution in [0.15, 0.2) is 48.5 Å². The van der Waals surface area contributed by atoms with E-state index in [2.05, 4.69) is 24.1 Å². The van der Waals surface area contributed by atoms with Gasteiger partial charge in [0, 0.05) is 29.5 Å². The van der Waals surface area contributed by atoms with E-state index in [9.17, 15) is 4.79 Å². The molecule has 2 aromatic carbocycles. The van der Waals surface area contributed by atoms with E-state index in [-0.39, 0.29) is 12.3 Å². The third kappa shape index (κ3) is 5.46. The molecule has 0 aromatic heterocycles. The van der Waals surface area contributed by atoms with Gasteiger partial charge in [0.25, 0.3) is 0 Å². The molecule has 1 amide bonds. The summed E-state index contributed by atoms with van der Waals surface area (Å²) in [6.07, 6.45) is 0.285. The summed E-state index contributed by atoms with van der Waals surface area (Å²) >= 11 is 5.82. The SMILES string of the molecule is CC(C)N(C)c1cccc(NC(=O)CCOc2ccc(Cl)cc2)c1. The van der Waals surface area contributed by atoms with E-state index in [1.165, 1.54) is 0 Å². The maximum Gasteiger partial charge on any atom is 0.227 e. The summed E-state index contributed by atoms with van der Waals surface area (Å²) in [6.45, 7) is 4.57. The quantitative estimate of drug-likeness (QED) is 0.797. The Balaban J connectivity index is 1.84. The first-order valence-corrected chi connectivity index (χ1v) is 8.34. The van der Waals surface area contributed by atoms with Crippen molar-refractivity contribution in [1.29, 1.82) is 0 Å². The highest BCUT2D eigenvalue weighted by Crippen LogP contribution is 2.20. The zero-order valence-electron chi connectivity index (χ0n) is 14.3. The highest BCUT2D eigenvalue weighted by Gasteiger charge is 2.07. The molecule has 0 atom stereocenters. The molecule has 0 saturated carbocycles. The normalized spacial score (nSPS) is 10.5. The van der Waals surface area contributed by atoms with Crippen LogP contribution in [-0.4, -0.2) is 25.6 Å². The van der Waals surface area contributed by atoms with Gasteiger partial charge in [0.1, 0.15) is 5.75 Å². The lowest BCUT2D eigenvalue weighted by Crippen LogP contribution is -2.25. The fraction of sp³-hybridized carbons (Fsp3) is 0.316. The maximum absolute atomic E-state index is 12.0. The lowest BCUT2D eigenvalue weighted by atomic mass is 10.2. The number of hydrogen-bond donors (Lipinski definition) is 1. The molecule has 5 heteroatoms. The summed E-state index contributed by atoms with van der Waals surface area (Å²) in [7, 11) is 2.03. The van der Waals surface area contributed by atoms with Gasteiger partial charge in [-0.25, -0.2) is 0 Å². The molecule has 0 fully saturated rings. The van der Waals surface area contributed by atoms with Crippen molar-refractivity contribution in [3.63, 3.8) is 0 Å². The number of halogens is 1. The average molecular weight is 347 g/mol. The third-order valence-electron chi connectivity index (χ3n) is 3.72. The van der Waals surface area contributed by atoms with Crippen molar-refractivity contribution in [3.05, 3.63) is 53.6 Å². The molecule has 2 aromatic rings. The van der Waals surface area contributed by atoms with Crippen molar-refractivity contribution in [3.8, 4) is 5.75 Å². The van der Waals surface area contributed by atoms with Gasteiger partial charge in [-0.2, -0.15) is 0 Å². The summed E-state index contributed by atoms with van der Waals surface area (Å²) in [5.74, 6) is 0.626. The highest BCUT2D eigenvalue weighted by molar-refractivity contribution is 6.30. The Morgan fingerprint density at radius 1 is 1.21 bits per heavy atom. The third-order valence-corrected chi connectivity index (χ3v) is 3.98. The van der Waals surface area contributed by atoms with Crippen LogP contribution in [0.3, 0.4) is 0 Å². The first-order valence-electron chi connectivity index (χ1n) is 7.97. The van der Waals surface area contributed by atoms with Gasteiger partial charge in [-0.05, 0) is 56.3 Å². The van der Waals surface area contributed by atoms with Crippen LogP contribution in [0.25, 0.3) is 0 Å². The highest BCUT2D eigenvalue weighted by atomic mass is 35.5. The number of anilines is 2. The average Bonchev–Trinajstić information content (AvgIpc) is 2.56. The number of nitrogens with zero attached hydrogens (tertiary/aromatic N) is 1. The Bertz CT molecular complexity index is 671. The molecule has 0 aliphatic carbocycles. The minimum atomic E-state index is -0.0756. The largest absolute Gasteiger partial charge is 0.493 e. The summed E-state index contributed by atoms with van der Waals surface area (Å²) in [4.78, 5) is 14.2. The zero-order chi connectivity index (χ0) is 17.5. The Hall–Kier alpha value is -2.20. The van der Waals surface area contributed by atoms with Crippen LogP contribution in [0, 0.1) is 0 Å². The molecular formula is C19H23ClN2O2. The van der Waals surface area contributed by atoms with E-state index in [1.807, 2.05) is 31.3 Å². The number of amides is 1. The fourth-order valence-electron chi connectivity index (χ4n) is 2.12. The summed E-state index contributed by atoms with van der Waals surface area (Å²) < 4.78 is 5.54. The summed E-state index contributed by atoms with van der Waals surface area (Å²) in [6, 6.07) is 15.3. The molecule has 4 nitrogen and oxygen atoms in total. The number of rotatable bonds is 7.